The molecule has 6 heteroatoms. The normalized spacial score (nSPS) is 16.0. The zero-order chi connectivity index (χ0) is 16.8. The van der Waals surface area contributed by atoms with E-state index in [1.807, 2.05) is 12.3 Å². The molecule has 3 heterocycles. The van der Waals surface area contributed by atoms with E-state index in [0.29, 0.717) is 12.1 Å². The third kappa shape index (κ3) is 2.18. The number of anilines is 1. The fourth-order valence-electron chi connectivity index (χ4n) is 3.66. The predicted molar refractivity (Wildman–Crippen MR) is 98.4 cm³/mol. The van der Waals surface area contributed by atoms with Gasteiger partial charge in [-0.3, -0.25) is 0 Å². The lowest BCUT2D eigenvalue weighted by molar-refractivity contribution is 0.317. The van der Waals surface area contributed by atoms with Gasteiger partial charge in [-0.15, -0.1) is 0 Å². The van der Waals surface area contributed by atoms with Gasteiger partial charge in [0, 0.05) is 36.5 Å². The van der Waals surface area contributed by atoms with E-state index in [-0.39, 0.29) is 0 Å². The molecule has 2 aromatic heterocycles. The SMILES string of the molecule is O/N=C1\CCN(Cc2ccccc2)c2c1nc1cc3c[nH][nH]c3cc21. The quantitative estimate of drug-likeness (QED) is 0.387. The first kappa shape index (κ1) is 14.1. The maximum atomic E-state index is 9.41. The maximum absolute atomic E-state index is 9.41. The van der Waals surface area contributed by atoms with Crippen LogP contribution in [0.15, 0.2) is 53.8 Å². The Kier molecular flexibility index (Phi) is 3.03. The van der Waals surface area contributed by atoms with E-state index in [1.165, 1.54) is 5.56 Å². The minimum atomic E-state index is 0.658. The highest BCUT2D eigenvalue weighted by Gasteiger charge is 2.28. The largest absolute Gasteiger partial charge is 0.411 e. The highest BCUT2D eigenvalue weighted by atomic mass is 16.4. The Morgan fingerprint density at radius 3 is 2.92 bits per heavy atom. The van der Waals surface area contributed by atoms with Crippen LogP contribution < -0.4 is 4.90 Å². The fraction of sp³-hybridized carbons (Fsp3) is 0.158. The first-order chi connectivity index (χ1) is 12.3. The fourth-order valence-corrected chi connectivity index (χ4v) is 3.66. The Morgan fingerprint density at radius 1 is 1.20 bits per heavy atom. The number of fused-ring (bicyclic) bond motifs is 4. The predicted octanol–water partition coefficient (Wildman–Crippen LogP) is 3.63. The van der Waals surface area contributed by atoms with E-state index in [1.54, 1.807) is 0 Å². The molecule has 0 atom stereocenters. The number of aromatic nitrogens is 3. The Hall–Kier alpha value is -3.28. The highest BCUT2D eigenvalue weighted by Crippen LogP contribution is 2.37. The van der Waals surface area contributed by atoms with Gasteiger partial charge in [0.05, 0.1) is 16.7 Å². The number of hydrogen-bond acceptors (Lipinski definition) is 4. The van der Waals surface area contributed by atoms with Gasteiger partial charge in [0.1, 0.15) is 11.4 Å². The molecule has 0 aliphatic carbocycles. The van der Waals surface area contributed by atoms with Crippen LogP contribution in [0.4, 0.5) is 5.69 Å². The molecule has 0 unspecified atom stereocenters. The zero-order valence-corrected chi connectivity index (χ0v) is 13.5. The van der Waals surface area contributed by atoms with Gasteiger partial charge in [-0.1, -0.05) is 35.5 Å². The molecular formula is C19H17N5O. The first-order valence-corrected chi connectivity index (χ1v) is 8.33. The molecule has 124 valence electrons. The van der Waals surface area contributed by atoms with Gasteiger partial charge in [0.25, 0.3) is 0 Å². The Balaban J connectivity index is 1.71. The number of hydrogen-bond donors (Lipinski definition) is 3. The summed E-state index contributed by atoms with van der Waals surface area (Å²) in [4.78, 5) is 7.09. The monoisotopic (exact) mass is 331 g/mol. The van der Waals surface area contributed by atoms with Crippen molar-refractivity contribution in [1.29, 1.82) is 0 Å². The van der Waals surface area contributed by atoms with Crippen LogP contribution in [0.25, 0.3) is 21.8 Å². The molecule has 6 nitrogen and oxygen atoms in total. The molecule has 0 amide bonds. The van der Waals surface area contributed by atoms with Gasteiger partial charge in [-0.25, -0.2) is 4.98 Å². The summed E-state index contributed by atoms with van der Waals surface area (Å²) >= 11 is 0. The molecule has 1 aliphatic heterocycles. The zero-order valence-electron chi connectivity index (χ0n) is 13.5. The van der Waals surface area contributed by atoms with Crippen LogP contribution in [0, 0.1) is 0 Å². The second-order valence-corrected chi connectivity index (χ2v) is 6.38. The minimum absolute atomic E-state index is 0.658. The molecule has 0 radical (unpaired) electrons. The molecule has 0 saturated heterocycles. The van der Waals surface area contributed by atoms with E-state index in [0.717, 1.165) is 46.3 Å². The number of rotatable bonds is 2. The average Bonchev–Trinajstić information content (AvgIpc) is 3.24. The standard InChI is InChI=1S/C19H17N5O/c25-23-15-6-7-24(11-12-4-2-1-3-5-12)19-14-9-16-13(10-20-22-16)8-17(14)21-18(15)19/h1-5,8-10,20,22,25H,6-7,11H2/b23-15+. The van der Waals surface area contributed by atoms with Crippen molar-refractivity contribution in [2.24, 2.45) is 5.16 Å². The van der Waals surface area contributed by atoms with Gasteiger partial charge in [-0.2, -0.15) is 0 Å². The summed E-state index contributed by atoms with van der Waals surface area (Å²) in [6.07, 6.45) is 2.61. The number of benzene rings is 2. The van der Waals surface area contributed by atoms with Crippen LogP contribution in [0.5, 0.6) is 0 Å². The van der Waals surface area contributed by atoms with Crippen molar-refractivity contribution < 1.29 is 5.21 Å². The summed E-state index contributed by atoms with van der Waals surface area (Å²) in [5.41, 5.74) is 5.71. The molecule has 4 aromatic rings. The smallest absolute Gasteiger partial charge is 0.113 e. The number of oxime groups is 1. The van der Waals surface area contributed by atoms with Crippen molar-refractivity contribution in [3.8, 4) is 0 Å². The van der Waals surface area contributed by atoms with E-state index in [9.17, 15) is 5.21 Å². The van der Waals surface area contributed by atoms with E-state index < -0.39 is 0 Å². The van der Waals surface area contributed by atoms with E-state index in [2.05, 4.69) is 56.7 Å². The number of H-pyrrole nitrogens is 2. The van der Waals surface area contributed by atoms with Gasteiger partial charge in [-0.05, 0) is 17.7 Å². The molecule has 1 aliphatic rings. The van der Waals surface area contributed by atoms with Crippen LogP contribution in [0.2, 0.25) is 0 Å². The Bertz CT molecular complexity index is 1090. The Morgan fingerprint density at radius 2 is 2.08 bits per heavy atom. The van der Waals surface area contributed by atoms with Crippen LogP contribution in [0.3, 0.4) is 0 Å². The number of aromatic amines is 2. The average molecular weight is 331 g/mol. The number of nitrogens with one attached hydrogen (secondary N) is 2. The summed E-state index contributed by atoms with van der Waals surface area (Å²) in [6.45, 7) is 1.61. The summed E-state index contributed by atoms with van der Waals surface area (Å²) in [6, 6.07) is 14.6. The van der Waals surface area contributed by atoms with E-state index >= 15 is 0 Å². The number of nitrogens with zero attached hydrogens (tertiary/aromatic N) is 3. The first-order valence-electron chi connectivity index (χ1n) is 8.33. The van der Waals surface area contributed by atoms with Crippen molar-refractivity contribution >= 4 is 33.2 Å². The molecule has 0 saturated carbocycles. The van der Waals surface area contributed by atoms with Gasteiger partial charge >= 0.3 is 0 Å². The summed E-state index contributed by atoms with van der Waals surface area (Å²) < 4.78 is 0. The Labute approximate surface area is 143 Å². The van der Waals surface area contributed by atoms with Crippen LogP contribution in [-0.4, -0.2) is 32.6 Å². The van der Waals surface area contributed by atoms with Crippen molar-refractivity contribution in [2.75, 3.05) is 11.4 Å². The lowest BCUT2D eigenvalue weighted by Gasteiger charge is -2.29. The van der Waals surface area contributed by atoms with Gasteiger partial charge in [0.2, 0.25) is 0 Å². The molecule has 0 bridgehead atoms. The van der Waals surface area contributed by atoms with Crippen molar-refractivity contribution in [3.05, 3.63) is 59.9 Å². The van der Waals surface area contributed by atoms with Crippen molar-refractivity contribution in [2.45, 2.75) is 13.0 Å². The summed E-state index contributed by atoms with van der Waals surface area (Å²) in [5.74, 6) is 0. The second-order valence-electron chi connectivity index (χ2n) is 6.38. The highest BCUT2D eigenvalue weighted by molar-refractivity contribution is 6.14. The molecule has 3 N–H and O–H groups in total. The minimum Gasteiger partial charge on any atom is -0.411 e. The van der Waals surface area contributed by atoms with Crippen molar-refractivity contribution in [1.82, 2.24) is 15.2 Å². The maximum Gasteiger partial charge on any atom is 0.113 e. The molecular weight excluding hydrogens is 314 g/mol. The van der Waals surface area contributed by atoms with Crippen LogP contribution in [-0.2, 0) is 6.54 Å². The molecule has 0 spiro atoms. The molecule has 5 rings (SSSR count). The third-order valence-electron chi connectivity index (χ3n) is 4.86. The third-order valence-corrected chi connectivity index (χ3v) is 4.86. The van der Waals surface area contributed by atoms with Gasteiger partial charge < -0.3 is 20.3 Å². The lowest BCUT2D eigenvalue weighted by atomic mass is 10.0. The van der Waals surface area contributed by atoms with Crippen molar-refractivity contribution in [3.63, 3.8) is 0 Å². The topological polar surface area (TPSA) is 80.3 Å². The van der Waals surface area contributed by atoms with Crippen LogP contribution >= 0.6 is 0 Å². The second kappa shape index (κ2) is 5.37. The van der Waals surface area contributed by atoms with Crippen LogP contribution in [0.1, 0.15) is 17.7 Å². The lowest BCUT2D eigenvalue weighted by Crippen LogP contribution is -2.31. The summed E-state index contributed by atoms with van der Waals surface area (Å²) in [5, 5.41) is 21.2. The molecule has 25 heavy (non-hydrogen) atoms. The summed E-state index contributed by atoms with van der Waals surface area (Å²) in [7, 11) is 0. The molecule has 2 aromatic carbocycles. The molecule has 0 fully saturated rings. The van der Waals surface area contributed by atoms with E-state index in [4.69, 9.17) is 4.98 Å². The van der Waals surface area contributed by atoms with Gasteiger partial charge in [0.15, 0.2) is 0 Å².